The van der Waals surface area contributed by atoms with Crippen LogP contribution in [0, 0.1) is 19.7 Å². The molecule has 8 heteroatoms. The van der Waals surface area contributed by atoms with E-state index in [0.29, 0.717) is 0 Å². The molecule has 4 aromatic rings. The number of methoxy groups -OCH3 is 1. The molecule has 3 heterocycles. The normalized spacial score (nSPS) is 23.9. The van der Waals surface area contributed by atoms with Gasteiger partial charge >= 0.3 is 0 Å². The Balaban J connectivity index is 1.46. The van der Waals surface area contributed by atoms with Gasteiger partial charge < -0.3 is 23.8 Å². The van der Waals surface area contributed by atoms with Crippen molar-refractivity contribution in [3.05, 3.63) is 59.5 Å². The molecule has 0 unspecified atom stereocenters. The van der Waals surface area contributed by atoms with E-state index >= 15 is 0 Å². The average molecular weight is 519 g/mol. The van der Waals surface area contributed by atoms with Crippen molar-refractivity contribution in [1.29, 1.82) is 0 Å². The van der Waals surface area contributed by atoms with Crippen molar-refractivity contribution in [2.24, 2.45) is 0 Å². The molecule has 1 aliphatic heterocycles. The minimum Gasteiger partial charge on any atom is -0.494 e. The summed E-state index contributed by atoms with van der Waals surface area (Å²) in [5, 5.41) is 14.8. The van der Waals surface area contributed by atoms with Crippen LogP contribution in [0.15, 0.2) is 40.9 Å². The van der Waals surface area contributed by atoms with Crippen LogP contribution in [0.25, 0.3) is 22.2 Å². The van der Waals surface area contributed by atoms with Crippen LogP contribution in [-0.2, 0) is 0 Å². The second-order valence-corrected chi connectivity index (χ2v) is 11.1. The zero-order valence-corrected chi connectivity index (χ0v) is 22.5. The van der Waals surface area contributed by atoms with Gasteiger partial charge in [0.15, 0.2) is 11.6 Å². The Hall–Kier alpha value is -3.39. The molecule has 1 N–H and O–H groups in total. The fourth-order valence-corrected chi connectivity index (χ4v) is 6.45. The van der Waals surface area contributed by atoms with E-state index in [1.807, 2.05) is 26.8 Å². The second-order valence-electron chi connectivity index (χ2n) is 11.1. The topological polar surface area (TPSA) is 76.5 Å². The predicted molar refractivity (Wildman–Crippen MR) is 145 cm³/mol. The van der Waals surface area contributed by atoms with Gasteiger partial charge in [-0.05, 0) is 89.1 Å². The summed E-state index contributed by atoms with van der Waals surface area (Å²) in [7, 11) is 1.48. The Kier molecular flexibility index (Phi) is 6.17. The van der Waals surface area contributed by atoms with Gasteiger partial charge in [0.2, 0.25) is 0 Å². The zero-order valence-electron chi connectivity index (χ0n) is 22.5. The summed E-state index contributed by atoms with van der Waals surface area (Å²) in [4.78, 5) is 7.53. The van der Waals surface area contributed by atoms with Crippen molar-refractivity contribution in [3.63, 3.8) is 0 Å². The van der Waals surface area contributed by atoms with E-state index in [2.05, 4.69) is 32.8 Å². The van der Waals surface area contributed by atoms with E-state index in [0.717, 1.165) is 90.2 Å². The highest BCUT2D eigenvalue weighted by atomic mass is 19.1. The van der Waals surface area contributed by atoms with Gasteiger partial charge in [0.05, 0.1) is 35.5 Å². The lowest BCUT2D eigenvalue weighted by molar-refractivity contribution is 0.00996. The van der Waals surface area contributed by atoms with Crippen molar-refractivity contribution in [3.8, 4) is 16.9 Å². The minimum absolute atomic E-state index is 0.0279. The van der Waals surface area contributed by atoms with Gasteiger partial charge in [0.1, 0.15) is 11.6 Å². The molecule has 7 nitrogen and oxygen atoms in total. The van der Waals surface area contributed by atoms with Crippen molar-refractivity contribution in [2.75, 3.05) is 18.6 Å². The first-order valence-corrected chi connectivity index (χ1v) is 13.5. The third kappa shape index (κ3) is 4.25. The maximum atomic E-state index is 14.7. The van der Waals surface area contributed by atoms with E-state index in [1.54, 1.807) is 12.1 Å². The second kappa shape index (κ2) is 9.42. The third-order valence-electron chi connectivity index (χ3n) is 8.45. The van der Waals surface area contributed by atoms with Crippen molar-refractivity contribution < 1.29 is 18.8 Å². The number of benzene rings is 2. The number of hydrogen-bond donors (Lipinski definition) is 1. The maximum Gasteiger partial charge on any atom is 0.167 e. The maximum absolute atomic E-state index is 14.7. The molecule has 0 spiro atoms. The molecule has 1 saturated carbocycles. The predicted octanol–water partition coefficient (Wildman–Crippen LogP) is 6.66. The van der Waals surface area contributed by atoms with Gasteiger partial charge in [-0.1, -0.05) is 11.2 Å². The quantitative estimate of drug-likeness (QED) is 0.318. The number of rotatable bonds is 5. The van der Waals surface area contributed by atoms with Gasteiger partial charge in [-0.2, -0.15) is 0 Å². The molecule has 0 bridgehead atoms. The third-order valence-corrected chi connectivity index (χ3v) is 8.45. The van der Waals surface area contributed by atoms with Crippen LogP contribution in [0.1, 0.15) is 74.8 Å². The van der Waals surface area contributed by atoms with E-state index in [9.17, 15) is 9.50 Å². The van der Waals surface area contributed by atoms with E-state index < -0.39 is 5.60 Å². The van der Waals surface area contributed by atoms with Crippen molar-refractivity contribution in [1.82, 2.24) is 14.7 Å². The zero-order chi connectivity index (χ0) is 26.6. The first kappa shape index (κ1) is 24.9. The summed E-state index contributed by atoms with van der Waals surface area (Å²) in [6.45, 7) is 6.66. The molecule has 2 aromatic carbocycles. The SMILES string of the molecule is COc1ccc(N2CCC[C@H]2c2nc3cc(-c4c(C)noc4C)ccc3n2C2CCC(C)(O)CC2)cc1F. The first-order chi connectivity index (χ1) is 18.3. The van der Waals surface area contributed by atoms with Gasteiger partial charge in [-0.15, -0.1) is 0 Å². The Morgan fingerprint density at radius 2 is 1.89 bits per heavy atom. The van der Waals surface area contributed by atoms with Crippen LogP contribution in [0.4, 0.5) is 10.1 Å². The number of halogens is 1. The summed E-state index contributed by atoms with van der Waals surface area (Å²) in [6, 6.07) is 11.9. The summed E-state index contributed by atoms with van der Waals surface area (Å²) in [5.41, 5.74) is 5.15. The van der Waals surface area contributed by atoms with Gasteiger partial charge in [0, 0.05) is 29.9 Å². The van der Waals surface area contributed by atoms with Gasteiger partial charge in [-0.3, -0.25) is 0 Å². The molecule has 1 atom stereocenters. The molecule has 0 radical (unpaired) electrons. The minimum atomic E-state index is -0.621. The van der Waals surface area contributed by atoms with E-state index in [1.165, 1.54) is 7.11 Å². The lowest BCUT2D eigenvalue weighted by atomic mass is 9.83. The van der Waals surface area contributed by atoms with Gasteiger partial charge in [0.25, 0.3) is 0 Å². The summed E-state index contributed by atoms with van der Waals surface area (Å²) < 4.78 is 27.7. The number of ether oxygens (including phenoxy) is 1. The highest BCUT2D eigenvalue weighted by Gasteiger charge is 2.36. The van der Waals surface area contributed by atoms with Crippen LogP contribution >= 0.6 is 0 Å². The standard InChI is InChI=1S/C30H35FN4O3/c1-18-28(19(2)38-33-18)20-7-9-25-24(16-20)32-29(35(25)21-11-13-30(3,36)14-12-21)26-6-5-15-34(26)22-8-10-27(37-4)23(31)17-22/h7-10,16-17,21,26,36H,5-6,11-15H2,1-4H3/t21?,26-,30?/m0/s1. The smallest absolute Gasteiger partial charge is 0.167 e. The molecule has 2 aliphatic rings. The highest BCUT2D eigenvalue weighted by molar-refractivity contribution is 5.84. The molecule has 2 fully saturated rings. The average Bonchev–Trinajstić information content (AvgIpc) is 3.60. The largest absolute Gasteiger partial charge is 0.494 e. The van der Waals surface area contributed by atoms with Crippen LogP contribution in [-0.4, -0.2) is 39.1 Å². The molecule has 38 heavy (non-hydrogen) atoms. The Labute approximate surface area is 222 Å². The first-order valence-electron chi connectivity index (χ1n) is 13.5. The number of nitrogens with zero attached hydrogens (tertiary/aromatic N) is 4. The molecule has 6 rings (SSSR count). The van der Waals surface area contributed by atoms with Crippen molar-refractivity contribution in [2.45, 2.75) is 77.0 Å². The molecular formula is C30H35FN4O3. The van der Waals surface area contributed by atoms with Crippen LogP contribution < -0.4 is 9.64 Å². The molecule has 1 saturated heterocycles. The summed E-state index contributed by atoms with van der Waals surface area (Å²) >= 11 is 0. The van der Waals surface area contributed by atoms with Crippen LogP contribution in [0.2, 0.25) is 0 Å². The Bertz CT molecular complexity index is 1460. The lowest BCUT2D eigenvalue weighted by Crippen LogP contribution is -2.33. The molecule has 0 amide bonds. The number of aromatic nitrogens is 3. The fourth-order valence-electron chi connectivity index (χ4n) is 6.45. The molecule has 200 valence electrons. The number of imidazole rings is 1. The fraction of sp³-hybridized carbons (Fsp3) is 0.467. The molecule has 2 aromatic heterocycles. The number of hydrogen-bond acceptors (Lipinski definition) is 6. The summed E-state index contributed by atoms with van der Waals surface area (Å²) in [5.74, 6) is 1.69. The van der Waals surface area contributed by atoms with E-state index in [4.69, 9.17) is 14.2 Å². The molecule has 1 aliphatic carbocycles. The lowest BCUT2D eigenvalue weighted by Gasteiger charge is -2.36. The number of aryl methyl sites for hydroxylation is 2. The van der Waals surface area contributed by atoms with Crippen LogP contribution in [0.3, 0.4) is 0 Å². The Morgan fingerprint density at radius 1 is 1.11 bits per heavy atom. The van der Waals surface area contributed by atoms with E-state index in [-0.39, 0.29) is 23.7 Å². The van der Waals surface area contributed by atoms with Crippen molar-refractivity contribution >= 4 is 16.7 Å². The molecular weight excluding hydrogens is 483 g/mol. The Morgan fingerprint density at radius 3 is 2.58 bits per heavy atom. The number of anilines is 1. The monoisotopic (exact) mass is 518 g/mol. The van der Waals surface area contributed by atoms with Crippen LogP contribution in [0.5, 0.6) is 5.75 Å². The number of aliphatic hydroxyl groups is 1. The van der Waals surface area contributed by atoms with Gasteiger partial charge in [-0.25, -0.2) is 9.37 Å². The number of fused-ring (bicyclic) bond motifs is 1. The highest BCUT2D eigenvalue weighted by Crippen LogP contribution is 2.43. The summed E-state index contributed by atoms with van der Waals surface area (Å²) in [6.07, 6.45) is 5.24.